The molecule has 0 atom stereocenters. The maximum absolute atomic E-state index is 13.9. The van der Waals surface area contributed by atoms with Crippen LogP contribution in [0, 0.1) is 6.92 Å². The molecule has 43 heavy (non-hydrogen) atoms. The Morgan fingerprint density at radius 3 is 2.44 bits per heavy atom. The molecule has 1 heterocycles. The summed E-state index contributed by atoms with van der Waals surface area (Å²) in [4.78, 5) is 38.2. The molecule has 7 nitrogen and oxygen atoms in total. The van der Waals surface area contributed by atoms with Crippen LogP contribution in [-0.2, 0) is 17.4 Å². The van der Waals surface area contributed by atoms with Crippen LogP contribution in [0.15, 0.2) is 95.2 Å². The first-order valence-electron chi connectivity index (χ1n) is 13.5. The van der Waals surface area contributed by atoms with Crippen molar-refractivity contribution in [2.24, 2.45) is 9.98 Å². The fraction of sp³-hybridized carbons (Fsp3) is 0.242. The standard InChI is InChI=1S/C33H34F3N5O2/c1-6-15-38-32(39-23(5)26-8-7-16-37-20-26)41-30-18-25(10-9-22(30)4)31(43)40-27-13-11-24(29(19-27)33(34,35)36)12-14-28(42)17-21(2)3/h6-11,13,16-20H,1,12,14-15H2,2-5H3,(H,38,41)(H,40,43). The molecule has 2 aromatic carbocycles. The van der Waals surface area contributed by atoms with E-state index in [0.29, 0.717) is 17.9 Å². The number of anilines is 2. The minimum Gasteiger partial charge on any atom is -0.324 e. The van der Waals surface area contributed by atoms with Crippen molar-refractivity contribution in [3.8, 4) is 0 Å². The number of aryl methyl sites for hydroxylation is 2. The Bertz CT molecular complexity index is 1570. The Morgan fingerprint density at radius 2 is 1.79 bits per heavy atom. The van der Waals surface area contributed by atoms with Crippen molar-refractivity contribution >= 4 is 34.7 Å². The molecule has 224 valence electrons. The highest BCUT2D eigenvalue weighted by molar-refractivity contribution is 6.10. The molecule has 2 N–H and O–H groups in total. The van der Waals surface area contributed by atoms with Crippen LogP contribution in [0.1, 0.15) is 59.8 Å². The third-order valence-electron chi connectivity index (χ3n) is 6.23. The third kappa shape index (κ3) is 9.88. The molecule has 0 aliphatic rings. The highest BCUT2D eigenvalue weighted by Gasteiger charge is 2.33. The van der Waals surface area contributed by atoms with E-state index in [9.17, 15) is 22.8 Å². The Kier molecular flexibility index (Phi) is 11.3. The maximum atomic E-state index is 13.9. The van der Waals surface area contributed by atoms with Crippen LogP contribution in [-0.4, -0.2) is 34.9 Å². The van der Waals surface area contributed by atoms with Gasteiger partial charge < -0.3 is 10.6 Å². The molecule has 3 rings (SSSR count). The van der Waals surface area contributed by atoms with E-state index in [1.807, 2.05) is 19.9 Å². The number of pyridine rings is 1. The fourth-order valence-corrected chi connectivity index (χ4v) is 4.06. The van der Waals surface area contributed by atoms with Crippen LogP contribution in [0.5, 0.6) is 0 Å². The number of hydrogen-bond donors (Lipinski definition) is 2. The van der Waals surface area contributed by atoms with Gasteiger partial charge in [0.2, 0.25) is 5.96 Å². The van der Waals surface area contributed by atoms with Gasteiger partial charge in [0.1, 0.15) is 0 Å². The Morgan fingerprint density at radius 1 is 1.02 bits per heavy atom. The number of hydrogen-bond acceptors (Lipinski definition) is 4. The van der Waals surface area contributed by atoms with Gasteiger partial charge in [-0.05, 0) is 81.7 Å². The van der Waals surface area contributed by atoms with E-state index in [1.165, 1.54) is 18.2 Å². The number of ketones is 1. The molecule has 0 fully saturated rings. The van der Waals surface area contributed by atoms with Gasteiger partial charge in [-0.15, -0.1) is 6.58 Å². The number of aromatic nitrogens is 1. The molecule has 1 aromatic heterocycles. The van der Waals surface area contributed by atoms with Crippen LogP contribution in [0.25, 0.3) is 0 Å². The van der Waals surface area contributed by atoms with Crippen LogP contribution in [0.4, 0.5) is 24.5 Å². The van der Waals surface area contributed by atoms with Gasteiger partial charge in [-0.25, -0.2) is 9.98 Å². The molecule has 10 heteroatoms. The fourth-order valence-electron chi connectivity index (χ4n) is 4.06. The molecule has 0 radical (unpaired) electrons. The van der Waals surface area contributed by atoms with E-state index in [-0.39, 0.29) is 41.4 Å². The van der Waals surface area contributed by atoms with E-state index in [1.54, 1.807) is 56.6 Å². The van der Waals surface area contributed by atoms with Gasteiger partial charge in [0, 0.05) is 41.3 Å². The number of carbonyl (C=O) groups is 2. The number of alkyl halides is 3. The zero-order chi connectivity index (χ0) is 31.6. The summed E-state index contributed by atoms with van der Waals surface area (Å²) in [6.07, 6.45) is 1.59. The summed E-state index contributed by atoms with van der Waals surface area (Å²) in [6, 6.07) is 12.1. The van der Waals surface area contributed by atoms with Gasteiger partial charge >= 0.3 is 6.18 Å². The quantitative estimate of drug-likeness (QED) is 0.110. The topological polar surface area (TPSA) is 95.8 Å². The lowest BCUT2D eigenvalue weighted by Gasteiger charge is -2.16. The van der Waals surface area contributed by atoms with Crippen molar-refractivity contribution in [3.63, 3.8) is 0 Å². The molecule has 3 aromatic rings. The molecular formula is C33H34F3N5O2. The normalized spacial score (nSPS) is 12.0. The molecule has 0 aliphatic carbocycles. The van der Waals surface area contributed by atoms with Gasteiger partial charge in [0.15, 0.2) is 5.78 Å². The first-order chi connectivity index (χ1) is 20.4. The van der Waals surface area contributed by atoms with E-state index < -0.39 is 17.6 Å². The SMILES string of the molecule is C=CCN=C(N=C(C)c1cccnc1)Nc1cc(C(=O)Nc2ccc(CCC(=O)C=C(C)C)c(C(F)(F)F)c2)ccc1C. The molecule has 0 unspecified atom stereocenters. The predicted octanol–water partition coefficient (Wildman–Crippen LogP) is 7.59. The second kappa shape index (κ2) is 14.9. The number of allylic oxidation sites excluding steroid dienone is 2. The number of amides is 1. The van der Waals surface area contributed by atoms with Crippen molar-refractivity contribution in [1.82, 2.24) is 4.98 Å². The van der Waals surface area contributed by atoms with Crippen molar-refractivity contribution in [2.45, 2.75) is 46.7 Å². The minimum absolute atomic E-state index is 0.0169. The average molecular weight is 590 g/mol. The van der Waals surface area contributed by atoms with Crippen LogP contribution < -0.4 is 10.6 Å². The number of halogens is 3. The molecule has 1 amide bonds. The van der Waals surface area contributed by atoms with Gasteiger partial charge in [-0.3, -0.25) is 14.6 Å². The second-order valence-corrected chi connectivity index (χ2v) is 10.1. The maximum Gasteiger partial charge on any atom is 0.416 e. The third-order valence-corrected chi connectivity index (χ3v) is 6.23. The van der Waals surface area contributed by atoms with E-state index >= 15 is 0 Å². The average Bonchev–Trinajstić information content (AvgIpc) is 2.95. The molecule has 0 spiro atoms. The number of nitrogens with one attached hydrogen (secondary N) is 2. The molecule has 0 saturated heterocycles. The number of rotatable bonds is 10. The lowest BCUT2D eigenvalue weighted by atomic mass is 9.99. The van der Waals surface area contributed by atoms with E-state index in [4.69, 9.17) is 0 Å². The minimum atomic E-state index is -4.66. The van der Waals surface area contributed by atoms with Crippen molar-refractivity contribution in [2.75, 3.05) is 17.2 Å². The first-order valence-corrected chi connectivity index (χ1v) is 13.5. The summed E-state index contributed by atoms with van der Waals surface area (Å²) in [5, 5.41) is 5.70. The van der Waals surface area contributed by atoms with Crippen LogP contribution in [0.3, 0.4) is 0 Å². The number of guanidine groups is 1. The number of nitrogens with zero attached hydrogens (tertiary/aromatic N) is 3. The molecule has 0 aliphatic heterocycles. The van der Waals surface area contributed by atoms with Gasteiger partial charge in [-0.2, -0.15) is 13.2 Å². The van der Waals surface area contributed by atoms with Gasteiger partial charge in [-0.1, -0.05) is 29.8 Å². The van der Waals surface area contributed by atoms with Crippen molar-refractivity contribution in [3.05, 3.63) is 113 Å². The Labute approximate surface area is 249 Å². The lowest BCUT2D eigenvalue weighted by molar-refractivity contribution is -0.138. The Hall–Kier alpha value is -4.86. The summed E-state index contributed by atoms with van der Waals surface area (Å²) in [5.74, 6) is -0.553. The summed E-state index contributed by atoms with van der Waals surface area (Å²) >= 11 is 0. The molecule has 0 saturated carbocycles. The highest BCUT2D eigenvalue weighted by Crippen LogP contribution is 2.34. The summed E-state index contributed by atoms with van der Waals surface area (Å²) in [5.41, 5.74) is 2.88. The summed E-state index contributed by atoms with van der Waals surface area (Å²) in [7, 11) is 0. The largest absolute Gasteiger partial charge is 0.416 e. The smallest absolute Gasteiger partial charge is 0.324 e. The Balaban J connectivity index is 1.83. The zero-order valence-corrected chi connectivity index (χ0v) is 24.5. The molecular weight excluding hydrogens is 555 g/mol. The van der Waals surface area contributed by atoms with Crippen LogP contribution >= 0.6 is 0 Å². The summed E-state index contributed by atoms with van der Waals surface area (Å²) in [6.45, 7) is 11.1. The van der Waals surface area contributed by atoms with Crippen molar-refractivity contribution in [1.29, 1.82) is 0 Å². The number of benzene rings is 2. The highest BCUT2D eigenvalue weighted by atomic mass is 19.4. The van der Waals surface area contributed by atoms with Crippen LogP contribution in [0.2, 0.25) is 0 Å². The lowest BCUT2D eigenvalue weighted by Crippen LogP contribution is -2.17. The van der Waals surface area contributed by atoms with Crippen molar-refractivity contribution < 1.29 is 22.8 Å². The van der Waals surface area contributed by atoms with Gasteiger partial charge in [0.05, 0.1) is 17.8 Å². The molecule has 0 bridgehead atoms. The number of carbonyl (C=O) groups excluding carboxylic acids is 2. The first kappa shape index (κ1) is 32.7. The number of aliphatic imine (C=N–C) groups is 2. The summed E-state index contributed by atoms with van der Waals surface area (Å²) < 4.78 is 41.6. The zero-order valence-electron chi connectivity index (χ0n) is 24.5. The van der Waals surface area contributed by atoms with E-state index in [2.05, 4.69) is 32.2 Å². The van der Waals surface area contributed by atoms with E-state index in [0.717, 1.165) is 22.8 Å². The second-order valence-electron chi connectivity index (χ2n) is 10.1. The van der Waals surface area contributed by atoms with Gasteiger partial charge in [0.25, 0.3) is 5.91 Å². The predicted molar refractivity (Wildman–Crippen MR) is 166 cm³/mol. The monoisotopic (exact) mass is 589 g/mol.